The van der Waals surface area contributed by atoms with Gasteiger partial charge in [-0.1, -0.05) is 33.6 Å². The molecule has 17 heavy (non-hydrogen) atoms. The van der Waals surface area contributed by atoms with Gasteiger partial charge in [0, 0.05) is 5.92 Å². The van der Waals surface area contributed by atoms with Gasteiger partial charge in [-0.2, -0.15) is 0 Å². The Hall–Kier alpha value is -0.530. The molecule has 1 heterocycles. The van der Waals surface area contributed by atoms with Crippen LogP contribution in [0.25, 0.3) is 0 Å². The highest BCUT2D eigenvalue weighted by Crippen LogP contribution is 2.60. The van der Waals surface area contributed by atoms with E-state index in [1.807, 2.05) is 0 Å². The molecule has 2 aliphatic carbocycles. The molecule has 96 valence electrons. The number of carbonyl (C=O) groups is 1. The third-order valence-corrected chi connectivity index (χ3v) is 6.23. The Kier molecular flexibility index (Phi) is 2.53. The number of hydrogen-bond acceptors (Lipinski definition) is 2. The van der Waals surface area contributed by atoms with Crippen molar-refractivity contribution in [3.63, 3.8) is 0 Å². The fraction of sp³-hybridized carbons (Fsp3) is 0.933. The molecule has 2 saturated carbocycles. The monoisotopic (exact) mass is 236 g/mol. The van der Waals surface area contributed by atoms with Crippen LogP contribution in [0.15, 0.2) is 0 Å². The molecule has 3 rings (SSSR count). The summed E-state index contributed by atoms with van der Waals surface area (Å²) in [5.41, 5.74) is 0.340. The molecule has 2 heteroatoms. The molecule has 3 fully saturated rings. The van der Waals surface area contributed by atoms with Gasteiger partial charge in [0.2, 0.25) is 0 Å². The van der Waals surface area contributed by atoms with E-state index in [4.69, 9.17) is 4.74 Å². The van der Waals surface area contributed by atoms with Crippen LogP contribution in [0.3, 0.4) is 0 Å². The maximum atomic E-state index is 11.8. The molecule has 0 bridgehead atoms. The molecule has 1 saturated heterocycles. The van der Waals surface area contributed by atoms with E-state index in [2.05, 4.69) is 20.8 Å². The van der Waals surface area contributed by atoms with E-state index in [9.17, 15) is 4.79 Å². The average molecular weight is 236 g/mol. The third-order valence-electron chi connectivity index (χ3n) is 6.23. The summed E-state index contributed by atoms with van der Waals surface area (Å²) in [5, 5.41) is 0. The van der Waals surface area contributed by atoms with E-state index in [0.717, 1.165) is 18.3 Å². The Morgan fingerprint density at radius 1 is 1.18 bits per heavy atom. The van der Waals surface area contributed by atoms with Crippen molar-refractivity contribution in [3.8, 4) is 0 Å². The summed E-state index contributed by atoms with van der Waals surface area (Å²) in [6.07, 6.45) is 6.67. The Bertz CT molecular complexity index is 338. The van der Waals surface area contributed by atoms with Gasteiger partial charge < -0.3 is 4.74 Å². The average Bonchev–Trinajstić information content (AvgIpc) is 2.58. The summed E-state index contributed by atoms with van der Waals surface area (Å²) in [6.45, 7) is 6.92. The standard InChI is InChI=1S/C15H24O2/c1-9-5-4-6-11-7-8-12-13(15(9,11)3)10(2)14(16)17-12/h9-13H,4-8H2,1-3H3/t9-,10-,11+,12+,13-,15+/m0/s1. The zero-order valence-electron chi connectivity index (χ0n) is 11.2. The van der Waals surface area contributed by atoms with Crippen molar-refractivity contribution in [2.24, 2.45) is 29.1 Å². The normalized spacial score (nSPS) is 53.8. The Morgan fingerprint density at radius 2 is 1.94 bits per heavy atom. The van der Waals surface area contributed by atoms with Crippen molar-refractivity contribution in [2.75, 3.05) is 0 Å². The lowest BCUT2D eigenvalue weighted by Crippen LogP contribution is -2.51. The van der Waals surface area contributed by atoms with Gasteiger partial charge in [-0.05, 0) is 36.5 Å². The fourth-order valence-electron chi connectivity index (χ4n) is 5.09. The summed E-state index contributed by atoms with van der Waals surface area (Å²) in [5.74, 6) is 2.22. The number of fused-ring (bicyclic) bond motifs is 3. The highest BCUT2D eigenvalue weighted by molar-refractivity contribution is 5.75. The molecule has 0 N–H and O–H groups in total. The zero-order valence-corrected chi connectivity index (χ0v) is 11.2. The minimum absolute atomic E-state index is 0.0552. The molecule has 6 atom stereocenters. The minimum atomic E-state index is 0.0552. The van der Waals surface area contributed by atoms with Gasteiger partial charge in [-0.25, -0.2) is 0 Å². The molecule has 2 nitrogen and oxygen atoms in total. The zero-order chi connectivity index (χ0) is 12.2. The highest BCUT2D eigenvalue weighted by Gasteiger charge is 2.59. The third kappa shape index (κ3) is 1.42. The molecule has 0 spiro atoms. The van der Waals surface area contributed by atoms with Crippen molar-refractivity contribution in [1.29, 1.82) is 0 Å². The van der Waals surface area contributed by atoms with Gasteiger partial charge >= 0.3 is 5.97 Å². The SMILES string of the molecule is C[C@@H]1C(=O)O[C@@H]2CC[C@H]3CCC[C@H](C)[C@@]3(C)[C@@H]12. The first-order valence-electron chi connectivity index (χ1n) is 7.25. The van der Waals surface area contributed by atoms with E-state index >= 15 is 0 Å². The van der Waals surface area contributed by atoms with E-state index in [-0.39, 0.29) is 18.0 Å². The van der Waals surface area contributed by atoms with Gasteiger partial charge in [-0.3, -0.25) is 4.79 Å². The predicted molar refractivity (Wildman–Crippen MR) is 66.4 cm³/mol. The van der Waals surface area contributed by atoms with Crippen LogP contribution in [0.5, 0.6) is 0 Å². The molecular formula is C15H24O2. The molecular weight excluding hydrogens is 212 g/mol. The molecule has 0 aromatic heterocycles. The van der Waals surface area contributed by atoms with Crippen LogP contribution >= 0.6 is 0 Å². The van der Waals surface area contributed by atoms with Crippen LogP contribution < -0.4 is 0 Å². The highest BCUT2D eigenvalue weighted by atomic mass is 16.6. The fourth-order valence-corrected chi connectivity index (χ4v) is 5.09. The van der Waals surface area contributed by atoms with E-state index in [1.54, 1.807) is 0 Å². The van der Waals surface area contributed by atoms with Gasteiger partial charge in [0.25, 0.3) is 0 Å². The maximum absolute atomic E-state index is 11.8. The van der Waals surface area contributed by atoms with Crippen LogP contribution in [0.1, 0.15) is 52.9 Å². The summed E-state index contributed by atoms with van der Waals surface area (Å²) in [7, 11) is 0. The number of hydrogen-bond donors (Lipinski definition) is 0. The predicted octanol–water partition coefficient (Wildman–Crippen LogP) is 3.40. The molecule has 1 aliphatic heterocycles. The smallest absolute Gasteiger partial charge is 0.309 e. The summed E-state index contributed by atoms with van der Waals surface area (Å²) in [4.78, 5) is 11.8. The summed E-state index contributed by atoms with van der Waals surface area (Å²) >= 11 is 0. The minimum Gasteiger partial charge on any atom is -0.462 e. The first-order chi connectivity index (χ1) is 8.05. The van der Waals surface area contributed by atoms with E-state index in [0.29, 0.717) is 11.3 Å². The number of rotatable bonds is 0. The van der Waals surface area contributed by atoms with Crippen LogP contribution in [-0.2, 0) is 9.53 Å². The molecule has 0 aromatic rings. The van der Waals surface area contributed by atoms with Gasteiger partial charge in [0.15, 0.2) is 0 Å². The quantitative estimate of drug-likeness (QED) is 0.603. The number of esters is 1. The number of ether oxygens (including phenoxy) is 1. The van der Waals surface area contributed by atoms with Crippen molar-refractivity contribution < 1.29 is 9.53 Å². The Balaban J connectivity index is 1.98. The van der Waals surface area contributed by atoms with Crippen LogP contribution in [0.2, 0.25) is 0 Å². The molecule has 3 aliphatic rings. The first-order valence-corrected chi connectivity index (χ1v) is 7.25. The van der Waals surface area contributed by atoms with Crippen molar-refractivity contribution in [1.82, 2.24) is 0 Å². The van der Waals surface area contributed by atoms with Crippen LogP contribution in [-0.4, -0.2) is 12.1 Å². The molecule has 0 unspecified atom stereocenters. The van der Waals surface area contributed by atoms with E-state index < -0.39 is 0 Å². The molecule has 0 radical (unpaired) electrons. The Labute approximate surface area is 104 Å². The second-order valence-corrected chi connectivity index (χ2v) is 6.76. The van der Waals surface area contributed by atoms with E-state index in [1.165, 1.54) is 25.7 Å². The van der Waals surface area contributed by atoms with Crippen LogP contribution in [0.4, 0.5) is 0 Å². The van der Waals surface area contributed by atoms with Crippen molar-refractivity contribution in [3.05, 3.63) is 0 Å². The second kappa shape index (κ2) is 3.73. The largest absolute Gasteiger partial charge is 0.462 e. The lowest BCUT2D eigenvalue weighted by molar-refractivity contribution is -0.145. The topological polar surface area (TPSA) is 26.3 Å². The molecule has 0 aromatic carbocycles. The van der Waals surface area contributed by atoms with Gasteiger partial charge in [-0.15, -0.1) is 0 Å². The lowest BCUT2D eigenvalue weighted by Gasteiger charge is -2.55. The van der Waals surface area contributed by atoms with Crippen LogP contribution in [0, 0.1) is 29.1 Å². The summed E-state index contributed by atoms with van der Waals surface area (Å²) in [6, 6.07) is 0. The number of carbonyl (C=O) groups excluding carboxylic acids is 1. The molecule has 0 amide bonds. The second-order valence-electron chi connectivity index (χ2n) is 6.76. The van der Waals surface area contributed by atoms with Gasteiger partial charge in [0.05, 0.1) is 5.92 Å². The summed E-state index contributed by atoms with van der Waals surface area (Å²) < 4.78 is 5.60. The lowest BCUT2D eigenvalue weighted by atomic mass is 9.49. The Morgan fingerprint density at radius 3 is 2.71 bits per heavy atom. The van der Waals surface area contributed by atoms with Gasteiger partial charge in [0.1, 0.15) is 6.10 Å². The van der Waals surface area contributed by atoms with Crippen molar-refractivity contribution >= 4 is 5.97 Å². The first kappa shape index (κ1) is 11.6. The van der Waals surface area contributed by atoms with Crippen molar-refractivity contribution in [2.45, 2.75) is 59.0 Å². The maximum Gasteiger partial charge on any atom is 0.309 e.